The highest BCUT2D eigenvalue weighted by Gasteiger charge is 2.21. The van der Waals surface area contributed by atoms with E-state index in [1.807, 2.05) is 18.3 Å². The predicted molar refractivity (Wildman–Crippen MR) is 95.2 cm³/mol. The van der Waals surface area contributed by atoms with Crippen molar-refractivity contribution in [2.75, 3.05) is 40.0 Å². The summed E-state index contributed by atoms with van der Waals surface area (Å²) in [6.07, 6.45) is 3.24. The Labute approximate surface area is 156 Å². The molecule has 2 aliphatic heterocycles. The van der Waals surface area contributed by atoms with Crippen LogP contribution in [0.15, 0.2) is 18.3 Å². The van der Waals surface area contributed by atoms with Crippen LogP contribution in [0.5, 0.6) is 17.2 Å². The summed E-state index contributed by atoms with van der Waals surface area (Å²) in [7, 11) is 1.61. The molecule has 0 aliphatic carbocycles. The van der Waals surface area contributed by atoms with E-state index in [-0.39, 0.29) is 6.09 Å². The van der Waals surface area contributed by atoms with Gasteiger partial charge in [-0.3, -0.25) is 4.68 Å². The van der Waals surface area contributed by atoms with Crippen LogP contribution in [0, 0.1) is 0 Å². The Hall–Kier alpha value is -2.97. The number of carbonyl (C=O) groups excluding carboxylic acids is 1. The second kappa shape index (κ2) is 7.73. The lowest BCUT2D eigenvalue weighted by molar-refractivity contribution is 0.0712. The number of carbonyl (C=O) groups is 1. The second-order valence-electron chi connectivity index (χ2n) is 6.37. The van der Waals surface area contributed by atoms with Crippen molar-refractivity contribution in [2.45, 2.75) is 19.4 Å². The quantitative estimate of drug-likeness (QED) is 0.790. The van der Waals surface area contributed by atoms with Crippen molar-refractivity contribution in [1.29, 1.82) is 0 Å². The zero-order valence-corrected chi connectivity index (χ0v) is 15.2. The molecule has 2 aromatic rings. The van der Waals surface area contributed by atoms with Crippen LogP contribution in [0.2, 0.25) is 0 Å². The van der Waals surface area contributed by atoms with E-state index in [1.54, 1.807) is 16.7 Å². The minimum absolute atomic E-state index is 0.272. The summed E-state index contributed by atoms with van der Waals surface area (Å²) in [6, 6.07) is 3.69. The molecule has 0 saturated carbocycles. The highest BCUT2D eigenvalue weighted by Crippen LogP contribution is 2.40. The van der Waals surface area contributed by atoms with Gasteiger partial charge >= 0.3 is 6.09 Å². The van der Waals surface area contributed by atoms with Crippen LogP contribution in [0.3, 0.4) is 0 Å². The van der Waals surface area contributed by atoms with E-state index in [4.69, 9.17) is 18.9 Å². The fourth-order valence-electron chi connectivity index (χ4n) is 3.11. The first-order valence-electron chi connectivity index (χ1n) is 9.04. The molecule has 1 aromatic carbocycles. The Balaban J connectivity index is 1.52. The topological polar surface area (TPSA) is 87.9 Å². The van der Waals surface area contributed by atoms with Gasteiger partial charge in [-0.1, -0.05) is 5.21 Å². The van der Waals surface area contributed by atoms with Crippen LogP contribution in [0.25, 0.3) is 11.3 Å². The number of ether oxygens (including phenoxy) is 4. The number of cyclic esters (lactones) is 1. The molecule has 9 nitrogen and oxygen atoms in total. The molecular weight excluding hydrogens is 352 g/mol. The van der Waals surface area contributed by atoms with Crippen LogP contribution in [-0.2, 0) is 11.3 Å². The summed E-state index contributed by atoms with van der Waals surface area (Å²) < 4.78 is 23.7. The molecule has 0 N–H and O–H groups in total. The average molecular weight is 374 g/mol. The molecule has 0 bridgehead atoms. The monoisotopic (exact) mass is 374 g/mol. The molecule has 9 heteroatoms. The van der Waals surface area contributed by atoms with E-state index in [2.05, 4.69) is 10.3 Å². The van der Waals surface area contributed by atoms with E-state index in [1.165, 1.54) is 0 Å². The second-order valence-corrected chi connectivity index (χ2v) is 6.37. The van der Waals surface area contributed by atoms with Gasteiger partial charge in [0.05, 0.1) is 39.7 Å². The number of hydrogen-bond acceptors (Lipinski definition) is 7. The van der Waals surface area contributed by atoms with Crippen molar-refractivity contribution in [1.82, 2.24) is 19.9 Å². The van der Waals surface area contributed by atoms with Crippen LogP contribution in [0.4, 0.5) is 4.79 Å². The zero-order valence-electron chi connectivity index (χ0n) is 15.2. The van der Waals surface area contributed by atoms with Gasteiger partial charge < -0.3 is 23.8 Å². The van der Waals surface area contributed by atoms with Gasteiger partial charge in [0, 0.05) is 31.1 Å². The fourth-order valence-corrected chi connectivity index (χ4v) is 3.11. The minimum Gasteiger partial charge on any atom is -0.496 e. The molecule has 144 valence electrons. The maximum Gasteiger partial charge on any atom is 0.409 e. The third-order valence-electron chi connectivity index (χ3n) is 4.54. The van der Waals surface area contributed by atoms with E-state index in [9.17, 15) is 4.79 Å². The molecule has 0 spiro atoms. The minimum atomic E-state index is -0.272. The Morgan fingerprint density at radius 2 is 1.85 bits per heavy atom. The van der Waals surface area contributed by atoms with E-state index in [0.717, 1.165) is 18.4 Å². The summed E-state index contributed by atoms with van der Waals surface area (Å²) in [5.41, 5.74) is 1.45. The largest absolute Gasteiger partial charge is 0.496 e. The van der Waals surface area contributed by atoms with Crippen molar-refractivity contribution in [3.05, 3.63) is 18.3 Å². The molecule has 27 heavy (non-hydrogen) atoms. The Morgan fingerprint density at radius 3 is 2.63 bits per heavy atom. The summed E-state index contributed by atoms with van der Waals surface area (Å²) in [5, 5.41) is 8.42. The number of nitrogens with zero attached hydrogens (tertiary/aromatic N) is 4. The van der Waals surface area contributed by atoms with Crippen molar-refractivity contribution in [2.24, 2.45) is 0 Å². The first-order chi connectivity index (χ1) is 13.2. The molecule has 1 fully saturated rings. The molecule has 0 radical (unpaired) electrons. The molecular formula is C18H22N4O5. The number of benzene rings is 1. The van der Waals surface area contributed by atoms with Crippen LogP contribution in [-0.4, -0.2) is 66.0 Å². The van der Waals surface area contributed by atoms with Crippen molar-refractivity contribution in [3.8, 4) is 28.5 Å². The normalized spacial score (nSPS) is 16.6. The average Bonchev–Trinajstić information content (AvgIpc) is 3.04. The maximum atomic E-state index is 11.7. The molecule has 4 rings (SSSR count). The number of amides is 1. The lowest BCUT2D eigenvalue weighted by atomic mass is 10.1. The van der Waals surface area contributed by atoms with Crippen molar-refractivity contribution < 1.29 is 23.7 Å². The van der Waals surface area contributed by atoms with Gasteiger partial charge in [0.25, 0.3) is 0 Å². The molecule has 1 saturated heterocycles. The molecule has 2 aliphatic rings. The first-order valence-corrected chi connectivity index (χ1v) is 9.04. The fraction of sp³-hybridized carbons (Fsp3) is 0.500. The van der Waals surface area contributed by atoms with Gasteiger partial charge in [-0.2, -0.15) is 0 Å². The summed E-state index contributed by atoms with van der Waals surface area (Å²) in [6.45, 7) is 3.49. The van der Waals surface area contributed by atoms with Crippen LogP contribution < -0.4 is 14.2 Å². The standard InChI is InChI=1S/C18H22N4O5/c1-24-15-11-17-16(25-8-3-9-26-17)10-13(15)14-12-22(20-19-14)6-5-21-4-2-7-27-18(21)23/h10-12H,2-9H2,1H3. The number of fused-ring (bicyclic) bond motifs is 1. The number of aromatic nitrogens is 3. The molecule has 1 aromatic heterocycles. The van der Waals surface area contributed by atoms with Gasteiger partial charge in [-0.05, 0) is 12.5 Å². The van der Waals surface area contributed by atoms with Crippen LogP contribution in [0.1, 0.15) is 12.8 Å². The smallest absolute Gasteiger partial charge is 0.409 e. The van der Waals surface area contributed by atoms with Crippen molar-refractivity contribution >= 4 is 6.09 Å². The zero-order chi connectivity index (χ0) is 18.6. The third kappa shape index (κ3) is 3.76. The first kappa shape index (κ1) is 17.4. The Kier molecular flexibility index (Phi) is 4.99. The van der Waals surface area contributed by atoms with Gasteiger partial charge in [0.15, 0.2) is 11.5 Å². The van der Waals surface area contributed by atoms with E-state index >= 15 is 0 Å². The highest BCUT2D eigenvalue weighted by molar-refractivity contribution is 5.71. The van der Waals surface area contributed by atoms with Gasteiger partial charge in [-0.15, -0.1) is 5.10 Å². The lowest BCUT2D eigenvalue weighted by Crippen LogP contribution is -2.39. The predicted octanol–water partition coefficient (Wildman–Crippen LogP) is 1.96. The molecule has 0 unspecified atom stereocenters. The van der Waals surface area contributed by atoms with E-state index < -0.39 is 0 Å². The molecule has 1 amide bonds. The molecule has 0 atom stereocenters. The van der Waals surface area contributed by atoms with Gasteiger partial charge in [0.1, 0.15) is 11.4 Å². The van der Waals surface area contributed by atoms with E-state index in [0.29, 0.717) is 62.4 Å². The van der Waals surface area contributed by atoms with Gasteiger partial charge in [-0.25, -0.2) is 4.79 Å². The van der Waals surface area contributed by atoms with Gasteiger partial charge in [0.2, 0.25) is 0 Å². The Morgan fingerprint density at radius 1 is 1.07 bits per heavy atom. The number of methoxy groups -OCH3 is 1. The SMILES string of the molecule is COc1cc2c(cc1-c1cn(CCN3CCCOC3=O)nn1)OCCCO2. The third-order valence-corrected chi connectivity index (χ3v) is 4.54. The summed E-state index contributed by atoms with van der Waals surface area (Å²) in [5.74, 6) is 1.99. The van der Waals surface area contributed by atoms with Crippen molar-refractivity contribution in [3.63, 3.8) is 0 Å². The summed E-state index contributed by atoms with van der Waals surface area (Å²) >= 11 is 0. The number of hydrogen-bond donors (Lipinski definition) is 0. The maximum absolute atomic E-state index is 11.7. The summed E-state index contributed by atoms with van der Waals surface area (Å²) in [4.78, 5) is 13.4. The highest BCUT2D eigenvalue weighted by atomic mass is 16.6. The lowest BCUT2D eigenvalue weighted by Gasteiger charge is -2.25. The number of rotatable bonds is 5. The van der Waals surface area contributed by atoms with Crippen LogP contribution >= 0.6 is 0 Å². The molecule has 3 heterocycles. The Bertz CT molecular complexity index is 822.